The number of hydrogen-bond acceptors (Lipinski definition) is 8. The molecule has 1 N–H and O–H groups in total. The number of ether oxygens (including phenoxy) is 2. The summed E-state index contributed by atoms with van der Waals surface area (Å²) in [5.74, 6) is -2.21. The summed E-state index contributed by atoms with van der Waals surface area (Å²) >= 11 is 0.827. The largest absolute Gasteiger partial charge is 0.462 e. The lowest BCUT2D eigenvalue weighted by Crippen LogP contribution is -2.23. The van der Waals surface area contributed by atoms with Crippen LogP contribution in [-0.2, 0) is 19.1 Å². The molecule has 176 valence electrons. The van der Waals surface area contributed by atoms with Gasteiger partial charge < -0.3 is 14.8 Å². The molecule has 11 heteroatoms. The molecule has 0 bridgehead atoms. The van der Waals surface area contributed by atoms with Crippen molar-refractivity contribution in [3.05, 3.63) is 53.6 Å². The Morgan fingerprint density at radius 3 is 2.39 bits per heavy atom. The normalized spacial score (nSPS) is 9.70. The summed E-state index contributed by atoms with van der Waals surface area (Å²) < 4.78 is 37.7. The molecule has 0 saturated heterocycles. The van der Waals surface area contributed by atoms with E-state index in [9.17, 15) is 23.2 Å². The molecule has 0 aliphatic rings. The fourth-order valence-corrected chi connectivity index (χ4v) is 2.94. The van der Waals surface area contributed by atoms with Gasteiger partial charge in [0.15, 0.2) is 0 Å². The summed E-state index contributed by atoms with van der Waals surface area (Å²) in [4.78, 5) is 51.6. The lowest BCUT2D eigenvalue weighted by molar-refractivity contribution is -0.191. The smallest absolute Gasteiger partial charge is 0.373 e. The molecular weight excluding hydrogens is 460 g/mol. The summed E-state index contributed by atoms with van der Waals surface area (Å²) in [6.07, 6.45) is 0.839. The number of benzene rings is 2. The zero-order chi connectivity index (χ0) is 24.8. The summed E-state index contributed by atoms with van der Waals surface area (Å²) in [5, 5.41) is 1.87. The van der Waals surface area contributed by atoms with Gasteiger partial charge in [0.1, 0.15) is 22.9 Å². The van der Waals surface area contributed by atoms with Crippen LogP contribution in [0.25, 0.3) is 11.1 Å². The van der Waals surface area contributed by atoms with Gasteiger partial charge in [0.05, 0.1) is 6.61 Å². The highest BCUT2D eigenvalue weighted by atomic mass is 32.2. The minimum atomic E-state index is -0.791. The molecular formula is C22H21F2NO7S. The van der Waals surface area contributed by atoms with E-state index in [4.69, 9.17) is 19.1 Å². The Labute approximate surface area is 192 Å². The standard InChI is InChI=1S/C21H21F2NO5S.CO2/c1-3-9-28-20(26)17-11-14(16-6-5-15(22)12-18(16)23)4-7-19(17)29-21(27)30-10-8-24-13(2)25;2-1-3/h4-7,11-12H,3,8-10H2,1-2H3,(H,24,25);. The number of thioether (sulfide) groups is 1. The van der Waals surface area contributed by atoms with Gasteiger partial charge in [-0.05, 0) is 48.0 Å². The molecule has 0 fully saturated rings. The quantitative estimate of drug-likeness (QED) is 0.445. The van der Waals surface area contributed by atoms with Gasteiger partial charge >= 0.3 is 17.4 Å². The van der Waals surface area contributed by atoms with E-state index in [0.717, 1.165) is 23.9 Å². The fraction of sp³-hybridized carbons (Fsp3) is 0.273. The highest BCUT2D eigenvalue weighted by molar-refractivity contribution is 8.13. The van der Waals surface area contributed by atoms with E-state index in [1.165, 1.54) is 31.2 Å². The van der Waals surface area contributed by atoms with E-state index in [1.54, 1.807) is 0 Å². The second-order valence-corrected chi connectivity index (χ2v) is 7.27. The van der Waals surface area contributed by atoms with Gasteiger partial charge in [0, 0.05) is 30.9 Å². The maximum atomic E-state index is 14.1. The van der Waals surface area contributed by atoms with Crippen LogP contribution in [0, 0.1) is 11.6 Å². The number of halogens is 2. The number of amides is 1. The van der Waals surface area contributed by atoms with Crippen molar-refractivity contribution >= 4 is 35.1 Å². The Kier molecular flexibility index (Phi) is 12.1. The average Bonchev–Trinajstić information content (AvgIpc) is 2.76. The van der Waals surface area contributed by atoms with E-state index >= 15 is 0 Å². The third-order valence-electron chi connectivity index (χ3n) is 3.77. The molecule has 0 aliphatic carbocycles. The van der Waals surface area contributed by atoms with Crippen LogP contribution in [-0.4, -0.2) is 42.2 Å². The Hall–Kier alpha value is -3.56. The van der Waals surface area contributed by atoms with Crippen molar-refractivity contribution in [2.45, 2.75) is 20.3 Å². The minimum absolute atomic E-state index is 0.0422. The summed E-state index contributed by atoms with van der Waals surface area (Å²) in [6.45, 7) is 3.63. The number of rotatable bonds is 8. The van der Waals surface area contributed by atoms with Gasteiger partial charge in [-0.3, -0.25) is 4.79 Å². The zero-order valence-corrected chi connectivity index (χ0v) is 18.6. The molecule has 0 unspecified atom stereocenters. The molecule has 8 nitrogen and oxygen atoms in total. The molecule has 33 heavy (non-hydrogen) atoms. The molecule has 2 aromatic carbocycles. The molecule has 0 radical (unpaired) electrons. The average molecular weight is 481 g/mol. The Morgan fingerprint density at radius 1 is 1.09 bits per heavy atom. The Morgan fingerprint density at radius 2 is 1.79 bits per heavy atom. The van der Waals surface area contributed by atoms with Gasteiger partial charge in [-0.1, -0.05) is 13.0 Å². The molecule has 1 amide bonds. The van der Waals surface area contributed by atoms with E-state index in [2.05, 4.69) is 5.32 Å². The van der Waals surface area contributed by atoms with Crippen LogP contribution >= 0.6 is 11.8 Å². The minimum Gasteiger partial charge on any atom is -0.462 e. The molecule has 0 spiro atoms. The summed E-state index contributed by atoms with van der Waals surface area (Å²) in [7, 11) is 0. The van der Waals surface area contributed by atoms with Crippen LogP contribution in [0.5, 0.6) is 5.75 Å². The number of hydrogen-bond donors (Lipinski definition) is 1. The third-order valence-corrected chi connectivity index (χ3v) is 4.50. The van der Waals surface area contributed by atoms with Crippen LogP contribution in [0.4, 0.5) is 13.6 Å². The van der Waals surface area contributed by atoms with E-state index in [1.807, 2.05) is 6.92 Å². The highest BCUT2D eigenvalue weighted by Gasteiger charge is 2.19. The van der Waals surface area contributed by atoms with Gasteiger partial charge in [0.25, 0.3) is 0 Å². The highest BCUT2D eigenvalue weighted by Crippen LogP contribution is 2.30. The Bertz CT molecular complexity index is 1020. The van der Waals surface area contributed by atoms with Crippen LogP contribution in [0.3, 0.4) is 0 Å². The topological polar surface area (TPSA) is 116 Å². The van der Waals surface area contributed by atoms with E-state index < -0.39 is 22.9 Å². The van der Waals surface area contributed by atoms with Crippen molar-refractivity contribution < 1.29 is 42.2 Å². The molecule has 0 atom stereocenters. The van der Waals surface area contributed by atoms with E-state index in [0.29, 0.717) is 12.0 Å². The molecule has 0 heterocycles. The molecule has 2 aromatic rings. The predicted octanol–water partition coefficient (Wildman–Crippen LogP) is 3.98. The SMILES string of the molecule is CCCOC(=O)c1cc(-c2ccc(F)cc2F)ccc1OC(=O)SCCNC(C)=O.O=C=O. The van der Waals surface area contributed by atoms with Crippen molar-refractivity contribution in [3.8, 4) is 16.9 Å². The first-order chi connectivity index (χ1) is 15.7. The second kappa shape index (κ2) is 14.5. The van der Waals surface area contributed by atoms with E-state index in [-0.39, 0.29) is 47.8 Å². The van der Waals surface area contributed by atoms with Crippen molar-refractivity contribution in [2.24, 2.45) is 0 Å². The van der Waals surface area contributed by atoms with Crippen LogP contribution in [0.2, 0.25) is 0 Å². The summed E-state index contributed by atoms with van der Waals surface area (Å²) in [6, 6.07) is 7.24. The number of nitrogens with one attached hydrogen (secondary N) is 1. The maximum Gasteiger partial charge on any atom is 0.373 e. The first kappa shape index (κ1) is 27.5. The predicted molar refractivity (Wildman–Crippen MR) is 115 cm³/mol. The van der Waals surface area contributed by atoms with Gasteiger partial charge in [-0.25, -0.2) is 18.4 Å². The number of carbonyl (C=O) groups excluding carboxylic acids is 5. The molecule has 0 aliphatic heterocycles. The monoisotopic (exact) mass is 481 g/mol. The van der Waals surface area contributed by atoms with Gasteiger partial charge in [0.2, 0.25) is 5.91 Å². The molecule has 2 rings (SSSR count). The van der Waals surface area contributed by atoms with Crippen molar-refractivity contribution in [3.63, 3.8) is 0 Å². The first-order valence-corrected chi connectivity index (χ1v) is 10.6. The van der Waals surface area contributed by atoms with Gasteiger partial charge in [-0.15, -0.1) is 0 Å². The van der Waals surface area contributed by atoms with Gasteiger partial charge in [-0.2, -0.15) is 9.59 Å². The molecule has 0 saturated carbocycles. The summed E-state index contributed by atoms with van der Waals surface area (Å²) in [5.41, 5.74) is 0.332. The van der Waals surface area contributed by atoms with Crippen LogP contribution in [0.1, 0.15) is 30.6 Å². The van der Waals surface area contributed by atoms with Crippen molar-refractivity contribution in [1.82, 2.24) is 5.32 Å². The van der Waals surface area contributed by atoms with Crippen LogP contribution < -0.4 is 10.1 Å². The zero-order valence-electron chi connectivity index (χ0n) is 17.8. The second-order valence-electron chi connectivity index (χ2n) is 6.24. The van der Waals surface area contributed by atoms with Crippen LogP contribution in [0.15, 0.2) is 36.4 Å². The first-order valence-electron chi connectivity index (χ1n) is 9.58. The fourth-order valence-electron chi connectivity index (χ4n) is 2.42. The molecule has 0 aromatic heterocycles. The maximum absolute atomic E-state index is 14.1. The van der Waals surface area contributed by atoms with Crippen molar-refractivity contribution in [2.75, 3.05) is 18.9 Å². The van der Waals surface area contributed by atoms with Crippen molar-refractivity contribution in [1.29, 1.82) is 0 Å². The lowest BCUT2D eigenvalue weighted by atomic mass is 10.0. The number of carbonyl (C=O) groups is 3. The third kappa shape index (κ3) is 9.63. The Balaban J connectivity index is 0.00000172. The lowest BCUT2D eigenvalue weighted by Gasteiger charge is -2.12. The number of esters is 1.